The highest BCUT2D eigenvalue weighted by Gasteiger charge is 2.22. The van der Waals surface area contributed by atoms with Crippen LogP contribution in [0.1, 0.15) is 16.6 Å². The zero-order valence-electron chi connectivity index (χ0n) is 11.5. The van der Waals surface area contributed by atoms with Crippen LogP contribution in [0.3, 0.4) is 0 Å². The minimum atomic E-state index is -0.393. The molecule has 1 aromatic carbocycles. The molecule has 0 atom stereocenters. The summed E-state index contributed by atoms with van der Waals surface area (Å²) in [4.78, 5) is 14.5. The molecular weight excluding hydrogens is 279 g/mol. The molecule has 0 spiro atoms. The average molecular weight is 296 g/mol. The van der Waals surface area contributed by atoms with Gasteiger partial charge in [-0.1, -0.05) is 6.07 Å². The van der Waals surface area contributed by atoms with Crippen LogP contribution in [0, 0.1) is 5.82 Å². The molecule has 1 amide bonds. The van der Waals surface area contributed by atoms with E-state index in [-0.39, 0.29) is 11.6 Å². The number of anilines is 1. The highest BCUT2D eigenvalue weighted by Crippen LogP contribution is 2.35. The number of hydrogen-bond donors (Lipinski definition) is 1. The monoisotopic (exact) mass is 296 g/mol. The molecule has 2 N–H and O–H groups in total. The Balaban J connectivity index is 2.39. The molecule has 6 heteroatoms. The summed E-state index contributed by atoms with van der Waals surface area (Å²) in [6.45, 7) is 3.39. The van der Waals surface area contributed by atoms with E-state index in [2.05, 4.69) is 0 Å². The number of methoxy groups -OCH3 is 1. The van der Waals surface area contributed by atoms with Crippen LogP contribution in [-0.2, 0) is 4.74 Å². The predicted octanol–water partition coefficient (Wildman–Crippen LogP) is 2.73. The molecule has 2 rings (SSSR count). The Morgan fingerprint density at radius 2 is 2.25 bits per heavy atom. The van der Waals surface area contributed by atoms with E-state index >= 15 is 0 Å². The van der Waals surface area contributed by atoms with Gasteiger partial charge in [0.2, 0.25) is 0 Å². The number of carbonyl (C=O) groups excluding carboxylic acids is 1. The number of likely N-dealkylation sites (N-methyl/N-ethyl adjacent to an activating group) is 1. The first kappa shape index (κ1) is 14.7. The van der Waals surface area contributed by atoms with E-state index in [1.54, 1.807) is 24.1 Å². The zero-order chi connectivity index (χ0) is 14.7. The molecule has 0 saturated heterocycles. The van der Waals surface area contributed by atoms with E-state index in [9.17, 15) is 9.18 Å². The lowest BCUT2D eigenvalue weighted by Crippen LogP contribution is -2.33. The van der Waals surface area contributed by atoms with Gasteiger partial charge in [0.25, 0.3) is 5.91 Å². The second-order valence-corrected chi connectivity index (χ2v) is 5.39. The van der Waals surface area contributed by atoms with Crippen LogP contribution in [0.4, 0.5) is 10.1 Å². The van der Waals surface area contributed by atoms with Gasteiger partial charge < -0.3 is 15.4 Å². The lowest BCUT2D eigenvalue weighted by molar-refractivity contribution is 0.0712. The van der Waals surface area contributed by atoms with E-state index in [1.807, 2.05) is 6.92 Å². The van der Waals surface area contributed by atoms with Gasteiger partial charge in [0.05, 0.1) is 17.7 Å². The Bertz CT molecular complexity index is 627. The summed E-state index contributed by atoms with van der Waals surface area (Å²) in [6.07, 6.45) is 0. The number of rotatable bonds is 5. The Kier molecular flexibility index (Phi) is 4.57. The van der Waals surface area contributed by atoms with E-state index in [4.69, 9.17) is 10.5 Å². The number of halogens is 1. The molecule has 0 unspecified atom stereocenters. The van der Waals surface area contributed by atoms with Crippen molar-refractivity contribution >= 4 is 33.0 Å². The van der Waals surface area contributed by atoms with Crippen molar-refractivity contribution in [3.8, 4) is 0 Å². The van der Waals surface area contributed by atoms with E-state index < -0.39 is 5.82 Å². The normalized spacial score (nSPS) is 10.9. The molecule has 1 aromatic heterocycles. The van der Waals surface area contributed by atoms with Crippen LogP contribution in [0.25, 0.3) is 10.1 Å². The van der Waals surface area contributed by atoms with Crippen molar-refractivity contribution in [3.05, 3.63) is 28.9 Å². The first-order chi connectivity index (χ1) is 9.60. The molecule has 0 bridgehead atoms. The Morgan fingerprint density at radius 3 is 2.85 bits per heavy atom. The minimum absolute atomic E-state index is 0.178. The predicted molar refractivity (Wildman–Crippen MR) is 79.6 cm³/mol. The third kappa shape index (κ3) is 2.62. The summed E-state index contributed by atoms with van der Waals surface area (Å²) in [5.41, 5.74) is 6.18. The second kappa shape index (κ2) is 6.19. The van der Waals surface area contributed by atoms with E-state index in [1.165, 1.54) is 17.4 Å². The first-order valence-corrected chi connectivity index (χ1v) is 7.16. The second-order valence-electron chi connectivity index (χ2n) is 4.34. The van der Waals surface area contributed by atoms with Crippen LogP contribution in [0.15, 0.2) is 18.2 Å². The summed E-state index contributed by atoms with van der Waals surface area (Å²) in [5.74, 6) is -0.571. The highest BCUT2D eigenvalue weighted by molar-refractivity contribution is 7.21. The van der Waals surface area contributed by atoms with Gasteiger partial charge in [-0.25, -0.2) is 4.39 Å². The molecule has 0 aliphatic heterocycles. The van der Waals surface area contributed by atoms with Gasteiger partial charge in [0, 0.05) is 24.9 Å². The van der Waals surface area contributed by atoms with Crippen molar-refractivity contribution in [2.75, 3.05) is 32.5 Å². The Morgan fingerprint density at radius 1 is 1.50 bits per heavy atom. The molecule has 0 aliphatic carbocycles. The van der Waals surface area contributed by atoms with Crippen molar-refractivity contribution in [3.63, 3.8) is 0 Å². The number of nitrogens with zero attached hydrogens (tertiary/aromatic N) is 1. The van der Waals surface area contributed by atoms with E-state index in [0.29, 0.717) is 34.7 Å². The topological polar surface area (TPSA) is 55.6 Å². The summed E-state index contributed by atoms with van der Waals surface area (Å²) in [5, 5.41) is 0.337. The van der Waals surface area contributed by atoms with Gasteiger partial charge >= 0.3 is 0 Å². The third-order valence-electron chi connectivity index (χ3n) is 3.13. The fourth-order valence-corrected chi connectivity index (χ4v) is 3.14. The maximum Gasteiger partial charge on any atom is 0.266 e. The first-order valence-electron chi connectivity index (χ1n) is 6.34. The van der Waals surface area contributed by atoms with Gasteiger partial charge in [0.15, 0.2) is 0 Å². The summed E-state index contributed by atoms with van der Waals surface area (Å²) in [6, 6.07) is 4.73. The molecule has 2 aromatic rings. The molecule has 0 saturated carbocycles. The SMILES string of the molecule is CCN(CCOC)C(=O)c1sc2cccc(F)c2c1N. The number of fused-ring (bicyclic) bond motifs is 1. The third-order valence-corrected chi connectivity index (χ3v) is 4.29. The molecule has 0 aliphatic rings. The van der Waals surface area contributed by atoms with Crippen LogP contribution < -0.4 is 5.73 Å². The summed E-state index contributed by atoms with van der Waals surface area (Å²) < 4.78 is 19.5. The number of nitrogens with two attached hydrogens (primary N) is 1. The molecule has 0 fully saturated rings. The van der Waals surface area contributed by atoms with Crippen molar-refractivity contribution < 1.29 is 13.9 Å². The fraction of sp³-hybridized carbons (Fsp3) is 0.357. The maximum atomic E-state index is 13.8. The quantitative estimate of drug-likeness (QED) is 0.923. The number of hydrogen-bond acceptors (Lipinski definition) is 4. The van der Waals surface area contributed by atoms with Crippen LogP contribution >= 0.6 is 11.3 Å². The smallest absolute Gasteiger partial charge is 0.266 e. The molecular formula is C14H17FN2O2S. The van der Waals surface area contributed by atoms with Gasteiger partial charge in [-0.2, -0.15) is 0 Å². The number of nitrogen functional groups attached to an aromatic ring is 1. The number of carbonyl (C=O) groups is 1. The van der Waals surface area contributed by atoms with Gasteiger partial charge in [-0.05, 0) is 19.1 Å². The van der Waals surface area contributed by atoms with E-state index in [0.717, 1.165) is 0 Å². The molecule has 108 valence electrons. The lowest BCUT2D eigenvalue weighted by Gasteiger charge is -2.19. The van der Waals surface area contributed by atoms with Gasteiger partial charge in [-0.15, -0.1) is 11.3 Å². The minimum Gasteiger partial charge on any atom is -0.397 e. The molecule has 0 radical (unpaired) electrons. The standard InChI is InChI=1S/C14H17FN2O2S/c1-3-17(7-8-19-2)14(18)13-12(16)11-9(15)5-4-6-10(11)20-13/h4-6H,3,7-8,16H2,1-2H3. The number of ether oxygens (including phenoxy) is 1. The average Bonchev–Trinajstić information content (AvgIpc) is 2.78. The zero-order valence-corrected chi connectivity index (χ0v) is 12.3. The highest BCUT2D eigenvalue weighted by atomic mass is 32.1. The van der Waals surface area contributed by atoms with Gasteiger partial charge in [-0.3, -0.25) is 4.79 Å². The van der Waals surface area contributed by atoms with Crippen molar-refractivity contribution in [1.29, 1.82) is 0 Å². The Labute approximate surface area is 120 Å². The lowest BCUT2D eigenvalue weighted by atomic mass is 10.2. The largest absolute Gasteiger partial charge is 0.397 e. The van der Waals surface area contributed by atoms with Crippen LogP contribution in [0.5, 0.6) is 0 Å². The summed E-state index contributed by atoms with van der Waals surface area (Å²) in [7, 11) is 1.58. The van der Waals surface area contributed by atoms with Crippen molar-refractivity contribution in [1.82, 2.24) is 4.90 Å². The molecule has 20 heavy (non-hydrogen) atoms. The van der Waals surface area contributed by atoms with Crippen molar-refractivity contribution in [2.24, 2.45) is 0 Å². The fourth-order valence-electron chi connectivity index (χ4n) is 2.04. The Hall–Kier alpha value is -1.66. The molecule has 1 heterocycles. The van der Waals surface area contributed by atoms with Crippen LogP contribution in [0.2, 0.25) is 0 Å². The van der Waals surface area contributed by atoms with Gasteiger partial charge in [0.1, 0.15) is 10.7 Å². The van der Waals surface area contributed by atoms with Crippen molar-refractivity contribution in [2.45, 2.75) is 6.92 Å². The number of amides is 1. The van der Waals surface area contributed by atoms with Crippen LogP contribution in [-0.4, -0.2) is 37.6 Å². The number of benzene rings is 1. The molecule has 4 nitrogen and oxygen atoms in total. The maximum absolute atomic E-state index is 13.8. The number of thiophene rings is 1. The summed E-state index contributed by atoms with van der Waals surface area (Å²) >= 11 is 1.23.